The molecular weight excluding hydrogens is 246 g/mol. The summed E-state index contributed by atoms with van der Waals surface area (Å²) in [6.45, 7) is 9.30. The van der Waals surface area contributed by atoms with E-state index >= 15 is 0 Å². The van der Waals surface area contributed by atoms with Crippen LogP contribution in [0.25, 0.3) is 0 Å². The van der Waals surface area contributed by atoms with Crippen LogP contribution < -0.4 is 0 Å². The Hall–Kier alpha value is -1.83. The van der Waals surface area contributed by atoms with E-state index in [2.05, 4.69) is 37.5 Å². The average molecular weight is 269 g/mol. The van der Waals surface area contributed by atoms with Crippen LogP contribution in [-0.2, 0) is 6.54 Å². The normalized spacial score (nSPS) is 10.8. The van der Waals surface area contributed by atoms with Crippen molar-refractivity contribution in [3.05, 3.63) is 58.4 Å². The second kappa shape index (κ2) is 6.08. The number of hydrogen-bond donors (Lipinski definition) is 0. The van der Waals surface area contributed by atoms with Crippen molar-refractivity contribution in [2.45, 2.75) is 47.1 Å². The van der Waals surface area contributed by atoms with E-state index in [0.717, 1.165) is 18.5 Å². The maximum absolute atomic E-state index is 11.9. The van der Waals surface area contributed by atoms with Gasteiger partial charge in [0.15, 0.2) is 5.78 Å². The second-order valence-corrected chi connectivity index (χ2v) is 5.62. The lowest BCUT2D eigenvalue weighted by atomic mass is 10.00. The number of hydrogen-bond acceptors (Lipinski definition) is 1. The summed E-state index contributed by atoms with van der Waals surface area (Å²) in [5.74, 6) is 0.239. The Kier molecular flexibility index (Phi) is 4.43. The highest BCUT2D eigenvalue weighted by molar-refractivity contribution is 5.95. The monoisotopic (exact) mass is 269 g/mol. The number of rotatable bonds is 5. The van der Waals surface area contributed by atoms with E-state index in [1.165, 1.54) is 22.3 Å². The fourth-order valence-corrected chi connectivity index (χ4v) is 2.72. The van der Waals surface area contributed by atoms with Crippen LogP contribution in [0.2, 0.25) is 0 Å². The molecule has 0 fully saturated rings. The topological polar surface area (TPSA) is 22.0 Å². The Bertz CT molecular complexity index is 599. The van der Waals surface area contributed by atoms with Gasteiger partial charge in [-0.1, -0.05) is 24.6 Å². The molecule has 1 aromatic heterocycles. The lowest BCUT2D eigenvalue weighted by Crippen LogP contribution is -2.03. The third kappa shape index (κ3) is 3.19. The molecule has 1 heterocycles. The Morgan fingerprint density at radius 2 is 1.80 bits per heavy atom. The van der Waals surface area contributed by atoms with Gasteiger partial charge >= 0.3 is 0 Å². The molecule has 2 heteroatoms. The van der Waals surface area contributed by atoms with Crippen LogP contribution in [0.4, 0.5) is 0 Å². The lowest BCUT2D eigenvalue weighted by Gasteiger charge is -2.12. The summed E-state index contributed by atoms with van der Waals surface area (Å²) in [6, 6.07) is 6.36. The first-order valence-corrected chi connectivity index (χ1v) is 7.27. The van der Waals surface area contributed by atoms with Crippen molar-refractivity contribution >= 4 is 5.78 Å². The summed E-state index contributed by atoms with van der Waals surface area (Å²) >= 11 is 0. The van der Waals surface area contributed by atoms with Crippen LogP contribution >= 0.6 is 0 Å². The molecule has 0 radical (unpaired) electrons. The molecule has 0 N–H and O–H groups in total. The first-order valence-electron chi connectivity index (χ1n) is 7.27. The van der Waals surface area contributed by atoms with Gasteiger partial charge in [-0.2, -0.15) is 0 Å². The number of benzene rings is 1. The van der Waals surface area contributed by atoms with Gasteiger partial charge in [0, 0.05) is 30.9 Å². The molecule has 0 aliphatic rings. The molecule has 1 aromatic carbocycles. The van der Waals surface area contributed by atoms with Crippen LogP contribution in [0, 0.1) is 20.8 Å². The van der Waals surface area contributed by atoms with E-state index in [1.807, 2.05) is 25.4 Å². The third-order valence-electron chi connectivity index (χ3n) is 3.73. The first kappa shape index (κ1) is 14.6. The highest BCUT2D eigenvalue weighted by Gasteiger charge is 2.08. The molecule has 0 bridgehead atoms. The fourth-order valence-electron chi connectivity index (χ4n) is 2.72. The minimum Gasteiger partial charge on any atom is -0.349 e. The lowest BCUT2D eigenvalue weighted by molar-refractivity contribution is 0.0981. The molecule has 0 aliphatic heterocycles. The summed E-state index contributed by atoms with van der Waals surface area (Å²) in [6.07, 6.45) is 5.51. The zero-order valence-electron chi connectivity index (χ0n) is 12.9. The van der Waals surface area contributed by atoms with Gasteiger partial charge in [0.2, 0.25) is 0 Å². The van der Waals surface area contributed by atoms with Crippen molar-refractivity contribution in [2.75, 3.05) is 0 Å². The molecule has 2 nitrogen and oxygen atoms in total. The Labute approximate surface area is 121 Å². The van der Waals surface area contributed by atoms with Gasteiger partial charge in [-0.15, -0.1) is 0 Å². The van der Waals surface area contributed by atoms with E-state index in [1.54, 1.807) is 0 Å². The summed E-state index contributed by atoms with van der Waals surface area (Å²) < 4.78 is 2.10. The Morgan fingerprint density at radius 1 is 1.15 bits per heavy atom. The maximum atomic E-state index is 11.9. The van der Waals surface area contributed by atoms with E-state index in [-0.39, 0.29) is 5.78 Å². The maximum Gasteiger partial charge on any atom is 0.164 e. The highest BCUT2D eigenvalue weighted by atomic mass is 16.1. The molecule has 2 aromatic rings. The van der Waals surface area contributed by atoms with Crippen molar-refractivity contribution in [3.63, 3.8) is 0 Å². The summed E-state index contributed by atoms with van der Waals surface area (Å²) in [5, 5.41) is 0. The molecule has 20 heavy (non-hydrogen) atoms. The summed E-state index contributed by atoms with van der Waals surface area (Å²) in [4.78, 5) is 11.9. The molecule has 2 rings (SSSR count). The van der Waals surface area contributed by atoms with Crippen LogP contribution in [0.1, 0.15) is 52.4 Å². The molecule has 0 saturated heterocycles. The molecule has 0 unspecified atom stereocenters. The average Bonchev–Trinajstić information content (AvgIpc) is 2.82. The predicted molar refractivity (Wildman–Crippen MR) is 83.4 cm³/mol. The molecule has 0 atom stereocenters. The van der Waals surface area contributed by atoms with E-state index in [0.29, 0.717) is 6.42 Å². The van der Waals surface area contributed by atoms with Crippen molar-refractivity contribution < 1.29 is 4.79 Å². The molecule has 0 spiro atoms. The molecule has 106 valence electrons. The van der Waals surface area contributed by atoms with E-state index in [9.17, 15) is 4.79 Å². The second-order valence-electron chi connectivity index (χ2n) is 5.62. The van der Waals surface area contributed by atoms with Crippen molar-refractivity contribution in [3.8, 4) is 0 Å². The van der Waals surface area contributed by atoms with Crippen LogP contribution in [0.5, 0.6) is 0 Å². The minimum absolute atomic E-state index is 0.239. The standard InChI is InChI=1S/C18H23NO/c1-5-6-18(20)16-7-8-19(11-16)12-17-14(3)9-13(2)10-15(17)4/h7-11H,5-6,12H2,1-4H3. The van der Waals surface area contributed by atoms with E-state index < -0.39 is 0 Å². The van der Waals surface area contributed by atoms with Crippen molar-refractivity contribution in [1.82, 2.24) is 4.57 Å². The van der Waals surface area contributed by atoms with Gasteiger partial charge in [0.1, 0.15) is 0 Å². The number of nitrogens with zero attached hydrogens (tertiary/aromatic N) is 1. The summed E-state index contributed by atoms with van der Waals surface area (Å²) in [5.41, 5.74) is 6.11. The highest BCUT2D eigenvalue weighted by Crippen LogP contribution is 2.18. The number of ketones is 1. The SMILES string of the molecule is CCCC(=O)c1ccn(Cc2c(C)cc(C)cc2C)c1. The van der Waals surface area contributed by atoms with Gasteiger partial charge in [-0.25, -0.2) is 0 Å². The van der Waals surface area contributed by atoms with Crippen LogP contribution in [0.15, 0.2) is 30.6 Å². The number of carbonyl (C=O) groups is 1. The molecular formula is C18H23NO. The minimum atomic E-state index is 0.239. The van der Waals surface area contributed by atoms with Crippen LogP contribution in [-0.4, -0.2) is 10.4 Å². The van der Waals surface area contributed by atoms with Gasteiger partial charge in [0.05, 0.1) is 0 Å². The largest absolute Gasteiger partial charge is 0.349 e. The van der Waals surface area contributed by atoms with Gasteiger partial charge in [0.25, 0.3) is 0 Å². The van der Waals surface area contributed by atoms with Gasteiger partial charge in [-0.05, 0) is 49.9 Å². The van der Waals surface area contributed by atoms with Crippen LogP contribution in [0.3, 0.4) is 0 Å². The summed E-state index contributed by atoms with van der Waals surface area (Å²) in [7, 11) is 0. The van der Waals surface area contributed by atoms with Gasteiger partial charge < -0.3 is 4.57 Å². The predicted octanol–water partition coefficient (Wildman–Crippen LogP) is 4.44. The molecule has 0 amide bonds. The zero-order valence-corrected chi connectivity index (χ0v) is 12.9. The quantitative estimate of drug-likeness (QED) is 0.735. The first-order chi connectivity index (χ1) is 9.51. The number of aromatic nitrogens is 1. The van der Waals surface area contributed by atoms with E-state index in [4.69, 9.17) is 0 Å². The van der Waals surface area contributed by atoms with Crippen molar-refractivity contribution in [2.24, 2.45) is 0 Å². The smallest absolute Gasteiger partial charge is 0.164 e. The Balaban J connectivity index is 2.21. The number of aryl methyl sites for hydroxylation is 3. The zero-order chi connectivity index (χ0) is 14.7. The molecule has 0 aliphatic carbocycles. The fraction of sp³-hybridized carbons (Fsp3) is 0.389. The van der Waals surface area contributed by atoms with Gasteiger partial charge in [-0.3, -0.25) is 4.79 Å². The third-order valence-corrected chi connectivity index (χ3v) is 3.73. The number of Topliss-reactive ketones (excluding diaryl/α,β-unsaturated/α-hetero) is 1. The van der Waals surface area contributed by atoms with Crippen molar-refractivity contribution in [1.29, 1.82) is 0 Å². The number of carbonyl (C=O) groups excluding carboxylic acids is 1. The molecule has 0 saturated carbocycles. The Morgan fingerprint density at radius 3 is 2.40 bits per heavy atom.